The number of nitrogens with zero attached hydrogens (tertiary/aromatic N) is 2. The third-order valence-corrected chi connectivity index (χ3v) is 3.32. The van der Waals surface area contributed by atoms with Gasteiger partial charge in [-0.1, -0.05) is 31.1 Å². The molecule has 1 unspecified atom stereocenters. The van der Waals surface area contributed by atoms with E-state index in [0.717, 1.165) is 0 Å². The molecule has 0 aliphatic rings. The number of benzene rings is 1. The molecule has 1 aromatic carbocycles. The third kappa shape index (κ3) is 4.59. The van der Waals surface area contributed by atoms with Crippen molar-refractivity contribution in [2.45, 2.75) is 39.3 Å². The number of carbonyl (C=O) groups excluding carboxylic acids is 1. The van der Waals surface area contributed by atoms with Crippen LogP contribution in [0.15, 0.2) is 28.8 Å². The summed E-state index contributed by atoms with van der Waals surface area (Å²) in [7, 11) is 0. The normalized spacial score (nSPS) is 13.8. The molecular weight excluding hydrogens is 299 g/mol. The van der Waals surface area contributed by atoms with E-state index in [0.29, 0.717) is 17.9 Å². The molecule has 0 aliphatic carbocycles. The summed E-state index contributed by atoms with van der Waals surface area (Å²) in [5.74, 6) is 0.196. The highest BCUT2D eigenvalue weighted by molar-refractivity contribution is 5.81. The van der Waals surface area contributed by atoms with Gasteiger partial charge in [-0.2, -0.15) is 4.98 Å². The first-order chi connectivity index (χ1) is 10.9. The van der Waals surface area contributed by atoms with Gasteiger partial charge in [-0.25, -0.2) is 4.39 Å². The van der Waals surface area contributed by atoms with E-state index >= 15 is 0 Å². The van der Waals surface area contributed by atoms with Crippen molar-refractivity contribution in [3.63, 3.8) is 0 Å². The van der Waals surface area contributed by atoms with E-state index in [4.69, 9.17) is 10.3 Å². The molecule has 2 rings (SSSR count). The van der Waals surface area contributed by atoms with Crippen molar-refractivity contribution in [3.05, 3.63) is 36.0 Å². The summed E-state index contributed by atoms with van der Waals surface area (Å²) in [5.41, 5.74) is 6.35. The summed E-state index contributed by atoms with van der Waals surface area (Å²) in [6.07, 6.45) is 0.594. The molecule has 0 bridgehead atoms. The lowest BCUT2D eigenvalue weighted by molar-refractivity contribution is -0.123. The van der Waals surface area contributed by atoms with E-state index in [-0.39, 0.29) is 23.4 Å². The molecule has 23 heavy (non-hydrogen) atoms. The molecule has 0 saturated heterocycles. The van der Waals surface area contributed by atoms with Crippen molar-refractivity contribution >= 4 is 5.91 Å². The quantitative estimate of drug-likeness (QED) is 0.852. The maximum absolute atomic E-state index is 13.2. The molecule has 0 fully saturated rings. The van der Waals surface area contributed by atoms with Crippen LogP contribution in [-0.2, 0) is 4.79 Å². The topological polar surface area (TPSA) is 94.0 Å². The summed E-state index contributed by atoms with van der Waals surface area (Å²) >= 11 is 0. The van der Waals surface area contributed by atoms with Crippen LogP contribution in [-0.4, -0.2) is 22.1 Å². The molecule has 7 heteroatoms. The predicted octanol–water partition coefficient (Wildman–Crippen LogP) is 2.43. The molecule has 3 N–H and O–H groups in total. The molecule has 1 aromatic heterocycles. The number of rotatable bonds is 6. The zero-order valence-corrected chi connectivity index (χ0v) is 13.4. The van der Waals surface area contributed by atoms with Crippen molar-refractivity contribution in [2.75, 3.05) is 0 Å². The Morgan fingerprint density at radius 1 is 1.39 bits per heavy atom. The van der Waals surface area contributed by atoms with Crippen LogP contribution >= 0.6 is 0 Å². The Labute approximate surface area is 134 Å². The van der Waals surface area contributed by atoms with Gasteiger partial charge in [0.05, 0.1) is 6.04 Å². The van der Waals surface area contributed by atoms with Gasteiger partial charge >= 0.3 is 0 Å². The summed E-state index contributed by atoms with van der Waals surface area (Å²) in [4.78, 5) is 16.2. The second kappa shape index (κ2) is 7.32. The van der Waals surface area contributed by atoms with Crippen molar-refractivity contribution in [1.82, 2.24) is 15.5 Å². The number of hydrogen-bond donors (Lipinski definition) is 2. The fourth-order valence-electron chi connectivity index (χ4n) is 2.15. The van der Waals surface area contributed by atoms with E-state index < -0.39 is 12.1 Å². The molecule has 0 spiro atoms. The molecule has 2 atom stereocenters. The Bertz CT molecular complexity index is 672. The molecular formula is C16H21FN4O2. The van der Waals surface area contributed by atoms with Crippen LogP contribution in [0, 0.1) is 11.7 Å². The zero-order valence-electron chi connectivity index (χ0n) is 13.4. The van der Waals surface area contributed by atoms with Gasteiger partial charge in [-0.3, -0.25) is 4.79 Å². The maximum Gasteiger partial charge on any atom is 0.249 e. The van der Waals surface area contributed by atoms with Crippen LogP contribution in [0.3, 0.4) is 0 Å². The van der Waals surface area contributed by atoms with Gasteiger partial charge in [0.25, 0.3) is 0 Å². The molecule has 124 valence electrons. The second-order valence-corrected chi connectivity index (χ2v) is 5.93. The first-order valence-corrected chi connectivity index (χ1v) is 7.52. The number of nitrogens with two attached hydrogens (primary N) is 1. The Kier molecular flexibility index (Phi) is 5.44. The van der Waals surface area contributed by atoms with Crippen LogP contribution in [0.25, 0.3) is 11.4 Å². The van der Waals surface area contributed by atoms with E-state index in [9.17, 15) is 9.18 Å². The number of halogens is 1. The van der Waals surface area contributed by atoms with Crippen LogP contribution in [0.2, 0.25) is 0 Å². The Balaban J connectivity index is 2.04. The molecule has 1 amide bonds. The number of carbonyl (C=O) groups is 1. The second-order valence-electron chi connectivity index (χ2n) is 5.93. The third-order valence-electron chi connectivity index (χ3n) is 3.32. The van der Waals surface area contributed by atoms with Crippen LogP contribution in [0.5, 0.6) is 0 Å². The van der Waals surface area contributed by atoms with Gasteiger partial charge in [-0.15, -0.1) is 0 Å². The molecule has 0 saturated carbocycles. The monoisotopic (exact) mass is 320 g/mol. The molecule has 1 heterocycles. The zero-order chi connectivity index (χ0) is 17.0. The van der Waals surface area contributed by atoms with Gasteiger partial charge in [0.2, 0.25) is 17.6 Å². The maximum atomic E-state index is 13.2. The minimum absolute atomic E-state index is 0.245. The predicted molar refractivity (Wildman–Crippen MR) is 83.7 cm³/mol. The minimum Gasteiger partial charge on any atom is -0.343 e. The molecule has 2 aromatic rings. The van der Waals surface area contributed by atoms with Crippen molar-refractivity contribution in [1.29, 1.82) is 0 Å². The average molecular weight is 320 g/mol. The minimum atomic E-state index is -0.580. The fourth-order valence-corrected chi connectivity index (χ4v) is 2.15. The van der Waals surface area contributed by atoms with E-state index in [1.54, 1.807) is 19.1 Å². The van der Waals surface area contributed by atoms with Crippen LogP contribution in [0.4, 0.5) is 4.39 Å². The molecule has 0 radical (unpaired) electrons. The lowest BCUT2D eigenvalue weighted by atomic mass is 10.0. The summed E-state index contributed by atoms with van der Waals surface area (Å²) in [6.45, 7) is 5.72. The molecule has 6 nitrogen and oxygen atoms in total. The largest absolute Gasteiger partial charge is 0.343 e. The Morgan fingerprint density at radius 3 is 2.78 bits per heavy atom. The Hall–Kier alpha value is -2.28. The van der Waals surface area contributed by atoms with Crippen LogP contribution in [0.1, 0.15) is 39.1 Å². The number of aromatic nitrogens is 2. The van der Waals surface area contributed by atoms with Crippen molar-refractivity contribution in [2.24, 2.45) is 11.7 Å². The van der Waals surface area contributed by atoms with Crippen molar-refractivity contribution in [3.8, 4) is 11.4 Å². The van der Waals surface area contributed by atoms with Gasteiger partial charge < -0.3 is 15.6 Å². The standard InChI is InChI=1S/C16H21FN4O2/c1-9(2)7-13(18)15(22)19-10(3)16-20-14(21-23-16)11-5-4-6-12(17)8-11/h4-6,8-10,13H,7,18H2,1-3H3,(H,19,22)/t10?,13-/m0/s1. The SMILES string of the molecule is CC(C)C[C@H](N)C(=O)NC(C)c1nc(-c2cccc(F)c2)no1. The highest BCUT2D eigenvalue weighted by atomic mass is 19.1. The lowest BCUT2D eigenvalue weighted by Gasteiger charge is -2.16. The van der Waals surface area contributed by atoms with Crippen LogP contribution < -0.4 is 11.1 Å². The van der Waals surface area contributed by atoms with Gasteiger partial charge in [0.1, 0.15) is 11.9 Å². The summed E-state index contributed by atoms with van der Waals surface area (Å²) in [5, 5.41) is 6.56. The smallest absolute Gasteiger partial charge is 0.249 e. The average Bonchev–Trinajstić information content (AvgIpc) is 2.96. The number of nitrogens with one attached hydrogen (secondary N) is 1. The summed E-state index contributed by atoms with van der Waals surface area (Å²) in [6, 6.07) is 4.84. The fraction of sp³-hybridized carbons (Fsp3) is 0.438. The van der Waals surface area contributed by atoms with Crippen molar-refractivity contribution < 1.29 is 13.7 Å². The Morgan fingerprint density at radius 2 is 2.13 bits per heavy atom. The highest BCUT2D eigenvalue weighted by Gasteiger charge is 2.21. The highest BCUT2D eigenvalue weighted by Crippen LogP contribution is 2.19. The first kappa shape index (κ1) is 17.1. The number of hydrogen-bond acceptors (Lipinski definition) is 5. The van der Waals surface area contributed by atoms with Gasteiger partial charge in [-0.05, 0) is 31.4 Å². The van der Waals surface area contributed by atoms with Gasteiger partial charge in [0, 0.05) is 5.56 Å². The first-order valence-electron chi connectivity index (χ1n) is 7.52. The van der Waals surface area contributed by atoms with E-state index in [1.165, 1.54) is 12.1 Å². The summed E-state index contributed by atoms with van der Waals surface area (Å²) < 4.78 is 18.4. The number of amides is 1. The molecule has 0 aliphatic heterocycles. The van der Waals surface area contributed by atoms with Gasteiger partial charge in [0.15, 0.2) is 0 Å². The van der Waals surface area contributed by atoms with E-state index in [2.05, 4.69) is 15.5 Å². The van der Waals surface area contributed by atoms with E-state index in [1.807, 2.05) is 13.8 Å². The lowest BCUT2D eigenvalue weighted by Crippen LogP contribution is -2.42.